The summed E-state index contributed by atoms with van der Waals surface area (Å²) in [5, 5.41) is 14.0. The fraction of sp³-hybridized carbons (Fsp3) is 0.308. The minimum Gasteiger partial charge on any atom is -0.476 e. The van der Waals surface area contributed by atoms with E-state index in [2.05, 4.69) is 10.1 Å². The van der Waals surface area contributed by atoms with Gasteiger partial charge in [-0.15, -0.1) is 0 Å². The number of hydrogen-bond acceptors (Lipinski definition) is 3. The molecule has 0 amide bonds. The highest BCUT2D eigenvalue weighted by Crippen LogP contribution is 2.57. The number of pyridine rings is 1. The number of carboxylic acids is 1. The minimum absolute atomic E-state index is 0.166. The van der Waals surface area contributed by atoms with Crippen LogP contribution in [0.25, 0.3) is 5.82 Å². The third-order valence-electron chi connectivity index (χ3n) is 3.89. The topological polar surface area (TPSA) is 68.0 Å². The quantitative estimate of drug-likeness (QED) is 0.913. The number of rotatable bonds is 2. The van der Waals surface area contributed by atoms with Gasteiger partial charge in [0.1, 0.15) is 0 Å². The van der Waals surface area contributed by atoms with E-state index in [1.54, 1.807) is 23.0 Å². The summed E-state index contributed by atoms with van der Waals surface area (Å²) in [7, 11) is 0. The molecule has 5 nitrogen and oxygen atoms in total. The maximum atomic E-state index is 11.3. The van der Waals surface area contributed by atoms with Crippen LogP contribution >= 0.6 is 11.6 Å². The van der Waals surface area contributed by atoms with Crippen molar-refractivity contribution >= 4 is 17.6 Å². The molecule has 0 saturated heterocycles. The zero-order valence-electron chi connectivity index (χ0n) is 9.88. The lowest BCUT2D eigenvalue weighted by molar-refractivity contribution is 0.0688. The van der Waals surface area contributed by atoms with Gasteiger partial charge in [0.15, 0.2) is 11.5 Å². The van der Waals surface area contributed by atoms with Gasteiger partial charge >= 0.3 is 5.97 Å². The smallest absolute Gasteiger partial charge is 0.356 e. The Morgan fingerprint density at radius 3 is 3.00 bits per heavy atom. The number of halogens is 1. The molecule has 2 aliphatic carbocycles. The van der Waals surface area contributed by atoms with Gasteiger partial charge in [0, 0.05) is 17.7 Å². The molecule has 4 rings (SSSR count). The molecule has 1 fully saturated rings. The maximum absolute atomic E-state index is 11.3. The summed E-state index contributed by atoms with van der Waals surface area (Å²) in [6.45, 7) is 0. The molecular weight excluding hydrogens is 266 g/mol. The number of fused-ring (bicyclic) bond motifs is 3. The Hall–Kier alpha value is -1.88. The Balaban J connectivity index is 1.91. The van der Waals surface area contributed by atoms with E-state index in [1.165, 1.54) is 0 Å². The maximum Gasteiger partial charge on any atom is 0.356 e. The van der Waals surface area contributed by atoms with Crippen molar-refractivity contribution in [1.82, 2.24) is 14.8 Å². The van der Waals surface area contributed by atoms with Crippen LogP contribution in [0.2, 0.25) is 5.02 Å². The minimum atomic E-state index is -0.967. The van der Waals surface area contributed by atoms with Crippen LogP contribution in [0.3, 0.4) is 0 Å². The third-order valence-corrected chi connectivity index (χ3v) is 4.12. The van der Waals surface area contributed by atoms with Crippen LogP contribution in [-0.2, 0) is 6.42 Å². The first kappa shape index (κ1) is 11.0. The second kappa shape index (κ2) is 3.57. The zero-order valence-corrected chi connectivity index (χ0v) is 10.6. The van der Waals surface area contributed by atoms with Crippen molar-refractivity contribution in [3.05, 3.63) is 40.3 Å². The lowest BCUT2D eigenvalue weighted by atomic mass is 10.1. The molecule has 0 bridgehead atoms. The summed E-state index contributed by atoms with van der Waals surface area (Å²) in [5.74, 6) is 0.712. The number of hydrogen-bond donors (Lipinski definition) is 1. The molecule has 2 heterocycles. The zero-order chi connectivity index (χ0) is 13.1. The van der Waals surface area contributed by atoms with E-state index in [4.69, 9.17) is 11.6 Å². The van der Waals surface area contributed by atoms with Crippen molar-refractivity contribution in [3.8, 4) is 5.82 Å². The Bertz CT molecular complexity index is 693. The summed E-state index contributed by atoms with van der Waals surface area (Å²) in [4.78, 5) is 15.5. The van der Waals surface area contributed by atoms with Gasteiger partial charge in [0.2, 0.25) is 0 Å². The molecule has 1 N–H and O–H groups in total. The van der Waals surface area contributed by atoms with Gasteiger partial charge < -0.3 is 5.11 Å². The molecule has 0 radical (unpaired) electrons. The van der Waals surface area contributed by atoms with E-state index < -0.39 is 5.97 Å². The Morgan fingerprint density at radius 2 is 2.32 bits per heavy atom. The second-order valence-electron chi connectivity index (χ2n) is 5.07. The molecule has 2 aromatic rings. The number of aromatic carboxylic acids is 1. The Kier molecular flexibility index (Phi) is 2.07. The van der Waals surface area contributed by atoms with Crippen LogP contribution < -0.4 is 0 Å². The van der Waals surface area contributed by atoms with Crippen molar-refractivity contribution < 1.29 is 9.90 Å². The molecule has 0 spiro atoms. The van der Waals surface area contributed by atoms with Crippen LogP contribution in [0.1, 0.15) is 34.1 Å². The lowest BCUT2D eigenvalue weighted by Crippen LogP contribution is -2.05. The molecule has 2 atom stereocenters. The van der Waals surface area contributed by atoms with Crippen molar-refractivity contribution in [3.63, 3.8) is 0 Å². The lowest BCUT2D eigenvalue weighted by Gasteiger charge is -2.04. The highest BCUT2D eigenvalue weighted by molar-refractivity contribution is 6.30. The van der Waals surface area contributed by atoms with E-state index >= 15 is 0 Å². The fourth-order valence-electron chi connectivity index (χ4n) is 2.96. The van der Waals surface area contributed by atoms with E-state index in [-0.39, 0.29) is 5.69 Å². The standard InChI is InChI=1S/C13H10ClN3O2/c14-7-1-2-10(15-5-7)17-12-8-3-6(8)4-9(12)11(16-17)13(18)19/h1-2,5-6,8H,3-4H2,(H,18,19)/t6-,8-/m0/s1. The summed E-state index contributed by atoms with van der Waals surface area (Å²) in [6, 6.07) is 3.49. The summed E-state index contributed by atoms with van der Waals surface area (Å²) in [6.07, 6.45) is 3.51. The van der Waals surface area contributed by atoms with E-state index in [1.807, 2.05) is 0 Å². The first-order valence-electron chi connectivity index (χ1n) is 6.12. The van der Waals surface area contributed by atoms with Crippen molar-refractivity contribution in [1.29, 1.82) is 0 Å². The Labute approximate surface area is 113 Å². The second-order valence-corrected chi connectivity index (χ2v) is 5.51. The van der Waals surface area contributed by atoms with Crippen molar-refractivity contribution in [2.75, 3.05) is 0 Å². The highest BCUT2D eigenvalue weighted by atomic mass is 35.5. The molecule has 2 aromatic heterocycles. The predicted octanol–water partition coefficient (Wildman–Crippen LogP) is 2.28. The van der Waals surface area contributed by atoms with Gasteiger partial charge in [-0.2, -0.15) is 5.10 Å². The van der Waals surface area contributed by atoms with Gasteiger partial charge in [-0.25, -0.2) is 14.5 Å². The molecule has 2 aliphatic rings. The SMILES string of the molecule is O=C(O)c1nn(-c2ccc(Cl)cn2)c2c1C[C@@H]1C[C@H]21. The summed E-state index contributed by atoms with van der Waals surface area (Å²) >= 11 is 5.82. The first-order chi connectivity index (χ1) is 9.15. The number of aromatic nitrogens is 3. The number of carboxylic acid groups (broad SMARTS) is 1. The largest absolute Gasteiger partial charge is 0.476 e. The molecule has 0 unspecified atom stereocenters. The molecular formula is C13H10ClN3O2. The van der Waals surface area contributed by atoms with Crippen molar-refractivity contribution in [2.45, 2.75) is 18.8 Å². The molecule has 6 heteroatoms. The molecule has 1 saturated carbocycles. The average molecular weight is 276 g/mol. The third kappa shape index (κ3) is 1.51. The van der Waals surface area contributed by atoms with E-state index in [9.17, 15) is 9.90 Å². The van der Waals surface area contributed by atoms with E-state index in [0.717, 1.165) is 24.1 Å². The van der Waals surface area contributed by atoms with Gasteiger partial charge in [0.05, 0.1) is 10.7 Å². The predicted molar refractivity (Wildman–Crippen MR) is 67.9 cm³/mol. The normalized spacial score (nSPS) is 23.0. The van der Waals surface area contributed by atoms with Crippen LogP contribution in [-0.4, -0.2) is 25.8 Å². The Morgan fingerprint density at radius 1 is 1.47 bits per heavy atom. The van der Waals surface area contributed by atoms with E-state index in [0.29, 0.717) is 22.7 Å². The fourth-order valence-corrected chi connectivity index (χ4v) is 3.07. The van der Waals surface area contributed by atoms with Gasteiger partial charge in [-0.05, 0) is 30.9 Å². The molecule has 96 valence electrons. The van der Waals surface area contributed by atoms with Crippen molar-refractivity contribution in [2.24, 2.45) is 5.92 Å². The summed E-state index contributed by atoms with van der Waals surface area (Å²) < 4.78 is 1.67. The summed E-state index contributed by atoms with van der Waals surface area (Å²) in [5.41, 5.74) is 2.07. The number of nitrogens with zero attached hydrogens (tertiary/aromatic N) is 3. The number of carbonyl (C=O) groups is 1. The van der Waals surface area contributed by atoms with Crippen LogP contribution in [0, 0.1) is 5.92 Å². The molecule has 19 heavy (non-hydrogen) atoms. The van der Waals surface area contributed by atoms with Gasteiger partial charge in [-0.1, -0.05) is 11.6 Å². The molecule has 0 aliphatic heterocycles. The average Bonchev–Trinajstić information content (AvgIpc) is 2.89. The van der Waals surface area contributed by atoms with Crippen LogP contribution in [0.15, 0.2) is 18.3 Å². The first-order valence-corrected chi connectivity index (χ1v) is 6.50. The molecule has 0 aromatic carbocycles. The van der Waals surface area contributed by atoms with Gasteiger partial charge in [-0.3, -0.25) is 0 Å². The van der Waals surface area contributed by atoms with Crippen LogP contribution in [0.4, 0.5) is 0 Å². The van der Waals surface area contributed by atoms with Gasteiger partial charge in [0.25, 0.3) is 0 Å². The van der Waals surface area contributed by atoms with Crippen LogP contribution in [0.5, 0.6) is 0 Å². The highest BCUT2D eigenvalue weighted by Gasteiger charge is 2.50. The monoisotopic (exact) mass is 275 g/mol.